The maximum atomic E-state index is 12.8. The van der Waals surface area contributed by atoms with Crippen molar-refractivity contribution in [2.24, 2.45) is 23.7 Å². The number of hydrogen-bond donors (Lipinski definition) is 0. The number of nitrogens with zero attached hydrogens (tertiary/aromatic N) is 1. The largest absolute Gasteiger partial charge is 0.196 e. The Hall–Kier alpha value is -1.10. The number of hydrogen-bond acceptors (Lipinski definition) is 1. The summed E-state index contributed by atoms with van der Waals surface area (Å²) in [5.74, 6) is 2.69. The number of rotatable bonds is 8. The van der Waals surface area contributed by atoms with Crippen molar-refractivity contribution >= 4 is 0 Å². The van der Waals surface area contributed by atoms with E-state index in [1.807, 2.05) is 0 Å². The third-order valence-electron chi connectivity index (χ3n) is 6.41. The van der Waals surface area contributed by atoms with E-state index in [0.29, 0.717) is 6.42 Å². The van der Waals surface area contributed by atoms with Gasteiger partial charge >= 0.3 is 0 Å². The van der Waals surface area contributed by atoms with Crippen molar-refractivity contribution in [3.05, 3.63) is 24.1 Å². The Morgan fingerprint density at radius 3 is 1.92 bits per heavy atom. The maximum absolute atomic E-state index is 12.8. The zero-order valence-corrected chi connectivity index (χ0v) is 16.1. The van der Waals surface area contributed by atoms with Gasteiger partial charge in [-0.3, -0.25) is 0 Å². The summed E-state index contributed by atoms with van der Waals surface area (Å²) >= 11 is 0. The third-order valence-corrected chi connectivity index (χ3v) is 6.41. The Labute approximate surface area is 154 Å². The standard InChI is InChI=1S/C23H36FN/c1-2-3-5-19-8-12-21(13-9-19)16-17-22-14-10-20(11-15-22)6-4-7-23(24)18-25/h7,16-17,19-22H,2-6,8-15H2,1H3/b17-16+,23-7?/t19-,20?,21-,22?. The van der Waals surface area contributed by atoms with Crippen LogP contribution < -0.4 is 0 Å². The summed E-state index contributed by atoms with van der Waals surface area (Å²) in [5.41, 5.74) is 0. The van der Waals surface area contributed by atoms with E-state index in [2.05, 4.69) is 19.1 Å². The quantitative estimate of drug-likeness (QED) is 0.330. The average molecular weight is 346 g/mol. The molecule has 0 bridgehead atoms. The minimum absolute atomic E-state index is 0.624. The highest BCUT2D eigenvalue weighted by Crippen LogP contribution is 2.35. The lowest BCUT2D eigenvalue weighted by atomic mass is 9.77. The van der Waals surface area contributed by atoms with Crippen LogP contribution in [0.3, 0.4) is 0 Å². The van der Waals surface area contributed by atoms with Crippen molar-refractivity contribution in [3.63, 3.8) is 0 Å². The molecule has 140 valence electrons. The number of halogens is 1. The third kappa shape index (κ3) is 7.76. The van der Waals surface area contributed by atoms with Gasteiger partial charge in [-0.25, -0.2) is 0 Å². The second-order valence-electron chi connectivity index (χ2n) is 8.33. The van der Waals surface area contributed by atoms with Gasteiger partial charge in [0.05, 0.1) is 0 Å². The molecule has 0 amide bonds. The van der Waals surface area contributed by atoms with E-state index in [0.717, 1.165) is 30.1 Å². The van der Waals surface area contributed by atoms with E-state index >= 15 is 0 Å². The molecule has 0 radical (unpaired) electrons. The molecule has 0 aliphatic heterocycles. The summed E-state index contributed by atoms with van der Waals surface area (Å²) in [6, 6.07) is 1.56. The van der Waals surface area contributed by atoms with Gasteiger partial charge in [0.1, 0.15) is 6.07 Å². The first-order valence-electron chi connectivity index (χ1n) is 10.6. The van der Waals surface area contributed by atoms with Crippen molar-refractivity contribution in [1.82, 2.24) is 0 Å². The lowest BCUT2D eigenvalue weighted by Gasteiger charge is -2.28. The van der Waals surface area contributed by atoms with Crippen molar-refractivity contribution in [2.45, 2.75) is 90.4 Å². The summed E-state index contributed by atoms with van der Waals surface area (Å²) in [6.07, 6.45) is 23.2. The fourth-order valence-electron chi connectivity index (χ4n) is 4.64. The van der Waals surface area contributed by atoms with Gasteiger partial charge < -0.3 is 0 Å². The molecule has 0 heterocycles. The van der Waals surface area contributed by atoms with Crippen LogP contribution in [0, 0.1) is 35.0 Å². The lowest BCUT2D eigenvalue weighted by Crippen LogP contribution is -2.15. The van der Waals surface area contributed by atoms with Crippen LogP contribution in [-0.4, -0.2) is 0 Å². The van der Waals surface area contributed by atoms with Gasteiger partial charge in [-0.05, 0) is 94.0 Å². The Morgan fingerprint density at radius 2 is 1.44 bits per heavy atom. The molecule has 1 nitrogen and oxygen atoms in total. The molecular weight excluding hydrogens is 309 g/mol. The minimum Gasteiger partial charge on any atom is -0.195 e. The second kappa shape index (κ2) is 11.5. The molecule has 2 fully saturated rings. The SMILES string of the molecule is CCCC[C@H]1CC[C@H](/C=C/C2CCC(CCC=C(F)C#N)CC2)CC1. The van der Waals surface area contributed by atoms with Crippen LogP contribution in [0.5, 0.6) is 0 Å². The highest BCUT2D eigenvalue weighted by molar-refractivity contribution is 5.11. The van der Waals surface area contributed by atoms with Crippen LogP contribution in [0.4, 0.5) is 4.39 Å². The Morgan fingerprint density at radius 1 is 0.920 bits per heavy atom. The first-order chi connectivity index (χ1) is 12.2. The van der Waals surface area contributed by atoms with Crippen molar-refractivity contribution in [1.29, 1.82) is 5.26 Å². The molecule has 2 rings (SSSR count). The first kappa shape index (κ1) is 20.2. The Bertz CT molecular complexity index is 457. The van der Waals surface area contributed by atoms with E-state index in [4.69, 9.17) is 5.26 Å². The molecule has 0 aromatic heterocycles. The highest BCUT2D eigenvalue weighted by Gasteiger charge is 2.21. The smallest absolute Gasteiger partial charge is 0.195 e. The molecule has 0 spiro atoms. The van der Waals surface area contributed by atoms with Crippen molar-refractivity contribution in [3.8, 4) is 6.07 Å². The number of nitriles is 1. The summed E-state index contributed by atoms with van der Waals surface area (Å²) in [7, 11) is 0. The van der Waals surface area contributed by atoms with E-state index in [1.165, 1.54) is 76.7 Å². The lowest BCUT2D eigenvalue weighted by molar-refractivity contribution is 0.283. The normalized spacial score (nSPS) is 31.2. The van der Waals surface area contributed by atoms with E-state index in [1.54, 1.807) is 6.07 Å². The van der Waals surface area contributed by atoms with Gasteiger partial charge in [0.25, 0.3) is 0 Å². The summed E-state index contributed by atoms with van der Waals surface area (Å²) in [4.78, 5) is 0. The minimum atomic E-state index is -0.624. The molecule has 2 aliphatic rings. The number of allylic oxidation sites excluding steroid dienone is 4. The van der Waals surface area contributed by atoms with Crippen LogP contribution in [0.1, 0.15) is 90.4 Å². The van der Waals surface area contributed by atoms with Crippen LogP contribution in [0.2, 0.25) is 0 Å². The summed E-state index contributed by atoms with van der Waals surface area (Å²) in [6.45, 7) is 2.30. The van der Waals surface area contributed by atoms with Gasteiger partial charge in [0.15, 0.2) is 5.83 Å². The molecule has 0 aromatic rings. The van der Waals surface area contributed by atoms with E-state index < -0.39 is 5.83 Å². The molecule has 0 N–H and O–H groups in total. The molecule has 0 saturated heterocycles. The highest BCUT2D eigenvalue weighted by atomic mass is 19.1. The van der Waals surface area contributed by atoms with Crippen molar-refractivity contribution in [2.75, 3.05) is 0 Å². The molecule has 2 heteroatoms. The first-order valence-corrected chi connectivity index (χ1v) is 10.6. The molecule has 2 aliphatic carbocycles. The second-order valence-corrected chi connectivity index (χ2v) is 8.33. The van der Waals surface area contributed by atoms with Crippen LogP contribution in [0.15, 0.2) is 24.1 Å². The van der Waals surface area contributed by atoms with E-state index in [9.17, 15) is 4.39 Å². The fourth-order valence-corrected chi connectivity index (χ4v) is 4.64. The van der Waals surface area contributed by atoms with Gasteiger partial charge in [-0.15, -0.1) is 0 Å². The topological polar surface area (TPSA) is 23.8 Å². The zero-order valence-electron chi connectivity index (χ0n) is 16.1. The monoisotopic (exact) mass is 345 g/mol. The molecular formula is C23H36FN. The molecule has 25 heavy (non-hydrogen) atoms. The molecule has 0 atom stereocenters. The van der Waals surface area contributed by atoms with Gasteiger partial charge in [0.2, 0.25) is 0 Å². The fraction of sp³-hybridized carbons (Fsp3) is 0.783. The summed E-state index contributed by atoms with van der Waals surface area (Å²) < 4.78 is 12.8. The van der Waals surface area contributed by atoms with Gasteiger partial charge in [-0.1, -0.05) is 38.3 Å². The van der Waals surface area contributed by atoms with Crippen molar-refractivity contribution < 1.29 is 4.39 Å². The predicted molar refractivity (Wildman–Crippen MR) is 104 cm³/mol. The van der Waals surface area contributed by atoms with E-state index in [-0.39, 0.29) is 0 Å². The van der Waals surface area contributed by atoms with Crippen LogP contribution >= 0.6 is 0 Å². The average Bonchev–Trinajstić information content (AvgIpc) is 2.66. The number of unbranched alkanes of at least 4 members (excludes halogenated alkanes) is 1. The molecule has 0 unspecified atom stereocenters. The maximum Gasteiger partial charge on any atom is 0.196 e. The van der Waals surface area contributed by atoms with Crippen LogP contribution in [-0.2, 0) is 0 Å². The summed E-state index contributed by atoms with van der Waals surface area (Å²) in [5, 5.41) is 8.42. The Kier molecular flexibility index (Phi) is 9.30. The zero-order chi connectivity index (χ0) is 17.9. The predicted octanol–water partition coefficient (Wildman–Crippen LogP) is 7.50. The van der Waals surface area contributed by atoms with Gasteiger partial charge in [0, 0.05) is 0 Å². The van der Waals surface area contributed by atoms with Gasteiger partial charge in [-0.2, -0.15) is 9.65 Å². The Balaban J connectivity index is 1.60. The molecule has 2 saturated carbocycles. The van der Waals surface area contributed by atoms with Crippen LogP contribution in [0.25, 0.3) is 0 Å². The molecule has 0 aromatic carbocycles.